The van der Waals surface area contributed by atoms with Gasteiger partial charge in [-0.3, -0.25) is 14.3 Å². The van der Waals surface area contributed by atoms with Gasteiger partial charge in [-0.05, 0) is 29.8 Å². The van der Waals surface area contributed by atoms with Gasteiger partial charge in [0.15, 0.2) is 0 Å². The summed E-state index contributed by atoms with van der Waals surface area (Å²) in [5, 5.41) is 0. The van der Waals surface area contributed by atoms with Crippen molar-refractivity contribution in [1.82, 2.24) is 14.5 Å². The lowest BCUT2D eigenvalue weighted by molar-refractivity contribution is 0.0402. The van der Waals surface area contributed by atoms with E-state index in [1.165, 1.54) is 18.2 Å². The average Bonchev–Trinajstić information content (AvgIpc) is 2.72. The third kappa shape index (κ3) is 3.94. The van der Waals surface area contributed by atoms with Crippen molar-refractivity contribution >= 4 is 5.95 Å². The first-order valence-corrected chi connectivity index (χ1v) is 9.19. The number of nitrogens with zero attached hydrogens (tertiary/aromatic N) is 4. The fraction of sp³-hybridized carbons (Fsp3) is 0.286. The Morgan fingerprint density at radius 3 is 2.68 bits per heavy atom. The lowest BCUT2D eigenvalue weighted by Crippen LogP contribution is -2.45. The first-order valence-electron chi connectivity index (χ1n) is 9.19. The molecule has 6 nitrogen and oxygen atoms in total. The highest BCUT2D eigenvalue weighted by Crippen LogP contribution is 2.21. The molecule has 28 heavy (non-hydrogen) atoms. The first kappa shape index (κ1) is 18.3. The van der Waals surface area contributed by atoms with E-state index in [9.17, 15) is 9.18 Å². The van der Waals surface area contributed by atoms with Gasteiger partial charge in [0.1, 0.15) is 5.82 Å². The summed E-state index contributed by atoms with van der Waals surface area (Å²) < 4.78 is 20.6. The minimum absolute atomic E-state index is 0.0549. The number of benzene rings is 1. The number of aromatic nitrogens is 3. The molecule has 3 heterocycles. The number of hydrogen-bond donors (Lipinski definition) is 0. The fourth-order valence-electron chi connectivity index (χ4n) is 3.39. The maximum Gasteiger partial charge on any atom is 0.255 e. The fourth-order valence-corrected chi connectivity index (χ4v) is 3.39. The van der Waals surface area contributed by atoms with Gasteiger partial charge in [-0.2, -0.15) is 0 Å². The highest BCUT2D eigenvalue weighted by Gasteiger charge is 2.24. The van der Waals surface area contributed by atoms with Gasteiger partial charge in [-0.1, -0.05) is 12.1 Å². The molecule has 3 aromatic rings. The van der Waals surface area contributed by atoms with E-state index in [1.54, 1.807) is 36.1 Å². The minimum Gasteiger partial charge on any atom is -0.374 e. The summed E-state index contributed by atoms with van der Waals surface area (Å²) in [5.74, 6) is 0.369. The third-order valence-electron chi connectivity index (χ3n) is 4.89. The molecule has 0 N–H and O–H groups in total. The second-order valence-corrected chi connectivity index (χ2v) is 6.84. The Labute approximate surface area is 162 Å². The molecule has 0 aliphatic carbocycles. The second kappa shape index (κ2) is 7.90. The molecule has 0 bridgehead atoms. The molecule has 1 atom stereocenters. The van der Waals surface area contributed by atoms with E-state index in [0.29, 0.717) is 37.8 Å². The van der Waals surface area contributed by atoms with E-state index in [1.807, 2.05) is 12.1 Å². The van der Waals surface area contributed by atoms with Crippen LogP contribution in [0.15, 0.2) is 59.7 Å². The van der Waals surface area contributed by atoms with Gasteiger partial charge >= 0.3 is 0 Å². The molecule has 4 rings (SSSR count). The van der Waals surface area contributed by atoms with Crippen molar-refractivity contribution in [2.24, 2.45) is 7.05 Å². The van der Waals surface area contributed by atoms with Crippen LogP contribution < -0.4 is 10.5 Å². The van der Waals surface area contributed by atoms with Gasteiger partial charge in [0.25, 0.3) is 5.56 Å². The highest BCUT2D eigenvalue weighted by atomic mass is 19.1. The standard InChI is InChI=1S/C21H21FN4O2/c1-25-20(27)13-19(16-6-8-23-9-7-16)24-21(25)26-10-11-28-18(14-26)12-15-2-4-17(22)5-3-15/h2-9,13,18H,10-12,14H2,1H3/t18-/m1/s1. The van der Waals surface area contributed by atoms with Crippen LogP contribution in [-0.2, 0) is 18.2 Å². The van der Waals surface area contributed by atoms with Gasteiger partial charge in [-0.25, -0.2) is 9.37 Å². The predicted molar refractivity (Wildman–Crippen MR) is 105 cm³/mol. The molecule has 0 radical (unpaired) electrons. The van der Waals surface area contributed by atoms with Crippen molar-refractivity contribution < 1.29 is 9.13 Å². The van der Waals surface area contributed by atoms with Crippen LogP contribution in [0.2, 0.25) is 0 Å². The molecule has 0 spiro atoms. The Bertz CT molecular complexity index is 1010. The summed E-state index contributed by atoms with van der Waals surface area (Å²) in [4.78, 5) is 23.3. The van der Waals surface area contributed by atoms with Crippen LogP contribution in [0.5, 0.6) is 0 Å². The van der Waals surface area contributed by atoms with Gasteiger partial charge in [0, 0.05) is 50.6 Å². The molecular formula is C21H21FN4O2. The average molecular weight is 380 g/mol. The van der Waals surface area contributed by atoms with Gasteiger partial charge in [-0.15, -0.1) is 0 Å². The van der Waals surface area contributed by atoms with Gasteiger partial charge in [0.2, 0.25) is 5.95 Å². The SMILES string of the molecule is Cn1c(N2CCO[C@H](Cc3ccc(F)cc3)C2)nc(-c2ccncc2)cc1=O. The molecule has 0 saturated carbocycles. The molecule has 0 unspecified atom stereocenters. The monoisotopic (exact) mass is 380 g/mol. The van der Waals surface area contributed by atoms with Crippen LogP contribution in [0, 0.1) is 5.82 Å². The topological polar surface area (TPSA) is 60.2 Å². The van der Waals surface area contributed by atoms with Crippen molar-refractivity contribution in [3.8, 4) is 11.3 Å². The largest absolute Gasteiger partial charge is 0.374 e. The maximum atomic E-state index is 13.1. The van der Waals surface area contributed by atoms with E-state index < -0.39 is 0 Å². The number of anilines is 1. The Morgan fingerprint density at radius 1 is 1.18 bits per heavy atom. The highest BCUT2D eigenvalue weighted by molar-refractivity contribution is 5.59. The number of rotatable bonds is 4. The number of hydrogen-bond acceptors (Lipinski definition) is 5. The summed E-state index contributed by atoms with van der Waals surface area (Å²) in [6, 6.07) is 11.7. The lowest BCUT2D eigenvalue weighted by atomic mass is 10.1. The van der Waals surface area contributed by atoms with E-state index in [-0.39, 0.29) is 17.5 Å². The van der Waals surface area contributed by atoms with Crippen LogP contribution in [0.4, 0.5) is 10.3 Å². The van der Waals surface area contributed by atoms with E-state index in [4.69, 9.17) is 9.72 Å². The van der Waals surface area contributed by atoms with E-state index >= 15 is 0 Å². The van der Waals surface area contributed by atoms with Gasteiger partial charge in [0.05, 0.1) is 18.4 Å². The maximum absolute atomic E-state index is 13.1. The van der Waals surface area contributed by atoms with Crippen LogP contribution in [0.25, 0.3) is 11.3 Å². The normalized spacial score (nSPS) is 16.9. The summed E-state index contributed by atoms with van der Waals surface area (Å²) in [7, 11) is 1.73. The minimum atomic E-state index is -0.248. The zero-order valence-electron chi connectivity index (χ0n) is 15.6. The van der Waals surface area contributed by atoms with Crippen molar-refractivity contribution in [2.45, 2.75) is 12.5 Å². The number of pyridine rings is 1. The molecule has 7 heteroatoms. The molecule has 1 aliphatic heterocycles. The van der Waals surface area contributed by atoms with Crippen LogP contribution in [0.3, 0.4) is 0 Å². The summed E-state index contributed by atoms with van der Waals surface area (Å²) in [5.41, 5.74) is 2.38. The predicted octanol–water partition coefficient (Wildman–Crippen LogP) is 2.43. The lowest BCUT2D eigenvalue weighted by Gasteiger charge is -2.34. The Hall–Kier alpha value is -3.06. The van der Waals surface area contributed by atoms with Crippen molar-refractivity contribution in [2.75, 3.05) is 24.6 Å². The molecule has 2 aromatic heterocycles. The number of halogens is 1. The third-order valence-corrected chi connectivity index (χ3v) is 4.89. The van der Waals surface area contributed by atoms with Crippen molar-refractivity contribution in [1.29, 1.82) is 0 Å². The molecule has 1 aliphatic rings. The summed E-state index contributed by atoms with van der Waals surface area (Å²) in [6.07, 6.45) is 3.98. The molecule has 144 valence electrons. The molecule has 0 amide bonds. The Kier molecular flexibility index (Phi) is 5.16. The number of morpholine rings is 1. The first-order chi connectivity index (χ1) is 13.6. The van der Waals surface area contributed by atoms with Crippen molar-refractivity contribution in [3.63, 3.8) is 0 Å². The smallest absolute Gasteiger partial charge is 0.255 e. The molecular weight excluding hydrogens is 359 g/mol. The molecule has 1 saturated heterocycles. The quantitative estimate of drug-likeness (QED) is 0.696. The van der Waals surface area contributed by atoms with Crippen molar-refractivity contribution in [3.05, 3.63) is 76.6 Å². The van der Waals surface area contributed by atoms with Gasteiger partial charge < -0.3 is 9.64 Å². The summed E-state index contributed by atoms with van der Waals surface area (Å²) in [6.45, 7) is 1.80. The van der Waals surface area contributed by atoms with Crippen LogP contribution >= 0.6 is 0 Å². The Morgan fingerprint density at radius 2 is 1.93 bits per heavy atom. The zero-order valence-corrected chi connectivity index (χ0v) is 15.6. The van der Waals surface area contributed by atoms with E-state index in [0.717, 1.165) is 11.1 Å². The van der Waals surface area contributed by atoms with Crippen LogP contribution in [-0.4, -0.2) is 40.3 Å². The molecule has 1 fully saturated rings. The summed E-state index contributed by atoms with van der Waals surface area (Å²) >= 11 is 0. The van der Waals surface area contributed by atoms with E-state index in [2.05, 4.69) is 9.88 Å². The zero-order chi connectivity index (χ0) is 19.5. The number of ether oxygens (including phenoxy) is 1. The Balaban J connectivity index is 1.58. The van der Waals surface area contributed by atoms with Crippen LogP contribution in [0.1, 0.15) is 5.56 Å². The second-order valence-electron chi connectivity index (χ2n) is 6.84. The molecule has 1 aromatic carbocycles.